The van der Waals surface area contributed by atoms with Gasteiger partial charge in [-0.05, 0) is 24.5 Å². The third-order valence-corrected chi connectivity index (χ3v) is 2.29. The topological polar surface area (TPSA) is 37.3 Å². The van der Waals surface area contributed by atoms with Crippen molar-refractivity contribution in [3.8, 4) is 0 Å². The zero-order chi connectivity index (χ0) is 11.3. The van der Waals surface area contributed by atoms with E-state index in [-0.39, 0.29) is 0 Å². The van der Waals surface area contributed by atoms with E-state index in [4.69, 9.17) is 5.11 Å². The van der Waals surface area contributed by atoms with Crippen LogP contribution in [0.25, 0.3) is 0 Å². The molecule has 1 aromatic rings. The van der Waals surface area contributed by atoms with Crippen molar-refractivity contribution < 1.29 is 9.90 Å². The highest BCUT2D eigenvalue weighted by Gasteiger charge is 2.06. The smallest absolute Gasteiger partial charge is 0.331 e. The Kier molecular flexibility index (Phi) is 3.86. The Morgan fingerprint density at radius 2 is 2.00 bits per heavy atom. The molecule has 0 spiro atoms. The summed E-state index contributed by atoms with van der Waals surface area (Å²) in [6, 6.07) is 9.75. The van der Waals surface area contributed by atoms with Crippen molar-refractivity contribution in [2.45, 2.75) is 13.3 Å². The lowest BCUT2D eigenvalue weighted by atomic mass is 10.0. The highest BCUT2D eigenvalue weighted by molar-refractivity contribution is 5.87. The minimum atomic E-state index is -0.888. The summed E-state index contributed by atoms with van der Waals surface area (Å²) in [5.41, 5.74) is 2.20. The zero-order valence-corrected chi connectivity index (χ0v) is 8.73. The lowest BCUT2D eigenvalue weighted by Crippen LogP contribution is -2.02. The van der Waals surface area contributed by atoms with Crippen molar-refractivity contribution in [3.63, 3.8) is 0 Å². The van der Waals surface area contributed by atoms with Crippen LogP contribution in [0.3, 0.4) is 0 Å². The van der Waals surface area contributed by atoms with Gasteiger partial charge >= 0.3 is 5.97 Å². The normalized spacial score (nSPS) is 11.8. The van der Waals surface area contributed by atoms with Crippen LogP contribution in [0, 0.1) is 0 Å². The molecule has 1 N–H and O–H groups in total. The van der Waals surface area contributed by atoms with Crippen molar-refractivity contribution in [2.75, 3.05) is 0 Å². The van der Waals surface area contributed by atoms with Gasteiger partial charge in [0.25, 0.3) is 0 Å². The Bertz CT molecular complexity index is 388. The van der Waals surface area contributed by atoms with Crippen molar-refractivity contribution in [1.29, 1.82) is 0 Å². The van der Waals surface area contributed by atoms with Gasteiger partial charge in [0.2, 0.25) is 0 Å². The first kappa shape index (κ1) is 11.2. The summed E-state index contributed by atoms with van der Waals surface area (Å²) >= 11 is 0. The van der Waals surface area contributed by atoms with E-state index < -0.39 is 5.97 Å². The van der Waals surface area contributed by atoms with Crippen LogP contribution in [0.4, 0.5) is 0 Å². The lowest BCUT2D eigenvalue weighted by Gasteiger charge is -2.05. The molecule has 2 heteroatoms. The van der Waals surface area contributed by atoms with Crippen LogP contribution in [-0.2, 0) is 11.2 Å². The number of allylic oxidation sites excluding steroid dienone is 2. The van der Waals surface area contributed by atoms with Gasteiger partial charge in [0.15, 0.2) is 0 Å². The van der Waals surface area contributed by atoms with E-state index in [2.05, 4.69) is 6.58 Å². The Morgan fingerprint density at radius 1 is 1.40 bits per heavy atom. The standard InChI is InChI=1S/C13H14O2/c1-3-12(10(2)13(14)15)9-11-7-5-4-6-8-11/h3-8H,1,9H2,2H3,(H,14,15). The first-order valence-corrected chi connectivity index (χ1v) is 4.74. The van der Waals surface area contributed by atoms with E-state index in [1.807, 2.05) is 30.3 Å². The summed E-state index contributed by atoms with van der Waals surface area (Å²) in [5.74, 6) is -0.888. The number of hydrogen-bond acceptors (Lipinski definition) is 1. The molecule has 0 bridgehead atoms. The molecule has 2 nitrogen and oxygen atoms in total. The molecular formula is C13H14O2. The fourth-order valence-corrected chi connectivity index (χ4v) is 1.31. The Morgan fingerprint density at radius 3 is 2.47 bits per heavy atom. The predicted octanol–water partition coefficient (Wildman–Crippen LogP) is 2.82. The van der Waals surface area contributed by atoms with Gasteiger partial charge in [-0.1, -0.05) is 43.0 Å². The van der Waals surface area contributed by atoms with Gasteiger partial charge < -0.3 is 5.11 Å². The maximum Gasteiger partial charge on any atom is 0.331 e. The van der Waals surface area contributed by atoms with Crippen LogP contribution in [-0.4, -0.2) is 11.1 Å². The number of carboxylic acids is 1. The average molecular weight is 202 g/mol. The lowest BCUT2D eigenvalue weighted by molar-refractivity contribution is -0.132. The van der Waals surface area contributed by atoms with Crippen LogP contribution >= 0.6 is 0 Å². The number of benzene rings is 1. The molecule has 0 aliphatic rings. The number of rotatable bonds is 4. The molecule has 0 aromatic heterocycles. The average Bonchev–Trinajstić information content (AvgIpc) is 2.26. The quantitative estimate of drug-likeness (QED) is 0.602. The minimum absolute atomic E-state index is 0.355. The summed E-state index contributed by atoms with van der Waals surface area (Å²) in [7, 11) is 0. The molecule has 0 saturated carbocycles. The summed E-state index contributed by atoms with van der Waals surface area (Å²) in [5, 5.41) is 8.86. The van der Waals surface area contributed by atoms with Crippen LogP contribution in [0.1, 0.15) is 12.5 Å². The molecule has 0 aliphatic heterocycles. The van der Waals surface area contributed by atoms with Gasteiger partial charge in [-0.3, -0.25) is 0 Å². The third-order valence-electron chi connectivity index (χ3n) is 2.29. The van der Waals surface area contributed by atoms with Crippen LogP contribution in [0.2, 0.25) is 0 Å². The second kappa shape index (κ2) is 5.15. The number of aliphatic carboxylic acids is 1. The van der Waals surface area contributed by atoms with Crippen LogP contribution < -0.4 is 0 Å². The van der Waals surface area contributed by atoms with Gasteiger partial charge in [-0.15, -0.1) is 0 Å². The summed E-state index contributed by atoms with van der Waals surface area (Å²) in [6.45, 7) is 5.24. The van der Waals surface area contributed by atoms with Gasteiger partial charge in [0.05, 0.1) is 0 Å². The second-order valence-electron chi connectivity index (χ2n) is 3.32. The van der Waals surface area contributed by atoms with E-state index in [1.165, 1.54) is 0 Å². The maximum atomic E-state index is 10.8. The Balaban J connectivity index is 2.93. The molecular weight excluding hydrogens is 188 g/mol. The molecule has 78 valence electrons. The molecule has 0 saturated heterocycles. The van der Waals surface area contributed by atoms with Crippen LogP contribution in [0.15, 0.2) is 54.1 Å². The third kappa shape index (κ3) is 3.09. The summed E-state index contributed by atoms with van der Waals surface area (Å²) in [4.78, 5) is 10.8. The monoisotopic (exact) mass is 202 g/mol. The second-order valence-corrected chi connectivity index (χ2v) is 3.32. The Labute approximate surface area is 89.6 Å². The highest BCUT2D eigenvalue weighted by Crippen LogP contribution is 2.13. The summed E-state index contributed by atoms with van der Waals surface area (Å²) < 4.78 is 0. The number of carboxylic acid groups (broad SMARTS) is 1. The first-order valence-electron chi connectivity index (χ1n) is 4.74. The van der Waals surface area contributed by atoms with Gasteiger partial charge in [0.1, 0.15) is 0 Å². The molecule has 1 rings (SSSR count). The fraction of sp³-hybridized carbons (Fsp3) is 0.154. The molecule has 0 unspecified atom stereocenters. The number of hydrogen-bond donors (Lipinski definition) is 1. The van der Waals surface area contributed by atoms with Gasteiger partial charge in [0, 0.05) is 5.57 Å². The molecule has 0 atom stereocenters. The number of carbonyl (C=O) groups is 1. The van der Waals surface area contributed by atoms with Crippen molar-refractivity contribution in [1.82, 2.24) is 0 Å². The molecule has 15 heavy (non-hydrogen) atoms. The van der Waals surface area contributed by atoms with Gasteiger partial charge in [-0.2, -0.15) is 0 Å². The van der Waals surface area contributed by atoms with E-state index in [9.17, 15) is 4.79 Å². The Hall–Kier alpha value is -1.83. The van der Waals surface area contributed by atoms with Crippen molar-refractivity contribution in [3.05, 3.63) is 59.7 Å². The molecule has 0 fully saturated rings. The zero-order valence-electron chi connectivity index (χ0n) is 8.73. The summed E-state index contributed by atoms with van der Waals surface area (Å²) in [6.07, 6.45) is 2.22. The van der Waals surface area contributed by atoms with Crippen molar-refractivity contribution in [2.24, 2.45) is 0 Å². The molecule has 0 aliphatic carbocycles. The molecule has 0 heterocycles. The molecule has 0 amide bonds. The first-order chi connectivity index (χ1) is 7.15. The van der Waals surface area contributed by atoms with Crippen LogP contribution in [0.5, 0.6) is 0 Å². The van der Waals surface area contributed by atoms with E-state index in [1.54, 1.807) is 13.0 Å². The van der Waals surface area contributed by atoms with E-state index >= 15 is 0 Å². The van der Waals surface area contributed by atoms with Crippen molar-refractivity contribution >= 4 is 5.97 Å². The predicted molar refractivity (Wildman–Crippen MR) is 60.7 cm³/mol. The minimum Gasteiger partial charge on any atom is -0.478 e. The fourth-order valence-electron chi connectivity index (χ4n) is 1.31. The van der Waals surface area contributed by atoms with Gasteiger partial charge in [-0.25, -0.2) is 4.79 Å². The van der Waals surface area contributed by atoms with E-state index in [0.29, 0.717) is 12.0 Å². The largest absolute Gasteiger partial charge is 0.478 e. The molecule has 0 radical (unpaired) electrons. The highest BCUT2D eigenvalue weighted by atomic mass is 16.4. The SMILES string of the molecule is C=CC(Cc1ccccc1)=C(C)C(=O)O. The molecule has 1 aromatic carbocycles. The maximum absolute atomic E-state index is 10.8. The van der Waals surface area contributed by atoms with E-state index in [0.717, 1.165) is 11.1 Å².